The van der Waals surface area contributed by atoms with Gasteiger partial charge < -0.3 is 38.3 Å². The molecule has 46 heavy (non-hydrogen) atoms. The van der Waals surface area contributed by atoms with Crippen LogP contribution in [0.15, 0.2) is 12.2 Å². The van der Waals surface area contributed by atoms with Gasteiger partial charge >= 0.3 is 11.9 Å². The summed E-state index contributed by atoms with van der Waals surface area (Å²) in [6, 6.07) is 0. The average Bonchev–Trinajstić information content (AvgIpc) is 3.29. The summed E-state index contributed by atoms with van der Waals surface area (Å²) in [5, 5.41) is 12.1. The number of methoxy groups -OCH3 is 1. The summed E-state index contributed by atoms with van der Waals surface area (Å²) in [6.45, 7) is 19.0. The highest BCUT2D eigenvalue weighted by atomic mass is 79.9. The lowest BCUT2D eigenvalue weighted by molar-refractivity contribution is -0.308. The molecule has 4 aliphatic rings. The molecule has 4 fully saturated rings. The van der Waals surface area contributed by atoms with Gasteiger partial charge in [-0.3, -0.25) is 9.59 Å². The lowest BCUT2D eigenvalue weighted by Crippen LogP contribution is -2.64. The molecular formula is C35H57BrO10. The van der Waals surface area contributed by atoms with Crippen molar-refractivity contribution in [2.45, 2.75) is 183 Å². The minimum absolute atomic E-state index is 0.0325. The van der Waals surface area contributed by atoms with E-state index in [4.69, 9.17) is 33.2 Å². The number of esters is 2. The van der Waals surface area contributed by atoms with E-state index in [0.29, 0.717) is 36.1 Å². The minimum Gasteiger partial charge on any atom is -0.461 e. The molecule has 4 aliphatic heterocycles. The zero-order chi connectivity index (χ0) is 34.3. The maximum Gasteiger partial charge on any atom is 0.303 e. The molecule has 4 rings (SSSR count). The highest BCUT2D eigenvalue weighted by Gasteiger charge is 2.59. The number of aliphatic hydroxyl groups is 1. The molecule has 1 N–H and O–H groups in total. The molecule has 4 saturated heterocycles. The molecule has 0 saturated carbocycles. The second kappa shape index (κ2) is 14.0. The molecule has 0 spiro atoms. The molecule has 0 aromatic heterocycles. The molecule has 0 amide bonds. The van der Waals surface area contributed by atoms with E-state index in [-0.39, 0.29) is 36.1 Å². The largest absolute Gasteiger partial charge is 0.461 e. The number of hydrogen-bond acceptors (Lipinski definition) is 10. The monoisotopic (exact) mass is 716 g/mol. The third kappa shape index (κ3) is 8.03. The number of carbonyl (C=O) groups excluding carboxylic acids is 2. The first kappa shape index (κ1) is 37.7. The van der Waals surface area contributed by atoms with Gasteiger partial charge in [-0.15, -0.1) is 0 Å². The fourth-order valence-corrected chi connectivity index (χ4v) is 8.32. The molecular weight excluding hydrogens is 660 g/mol. The number of halogens is 1. The summed E-state index contributed by atoms with van der Waals surface area (Å²) in [4.78, 5) is 23.7. The highest BCUT2D eigenvalue weighted by Crippen LogP contribution is 2.50. The topological polar surface area (TPSA) is 119 Å². The summed E-state index contributed by atoms with van der Waals surface area (Å²) in [7, 11) is 1.58. The Kier molecular flexibility index (Phi) is 11.5. The fraction of sp³-hybridized carbons (Fsp3) is 0.886. The van der Waals surface area contributed by atoms with Crippen LogP contribution in [-0.2, 0) is 42.7 Å². The SMILES string of the molecule is C=C(COC(C)=O)[C@@H](CC[C@]1(C)O[C@@H]([C@](C)(O)[C@@H]2CC[C@H]3O[C@@H]([C@]4(C)CC[C@@H](Br)C(C)(C)O4)CC[C@]3(C)O2)C[C@H]1OC(C)=O)OC. The van der Waals surface area contributed by atoms with E-state index in [1.807, 2.05) is 6.92 Å². The lowest BCUT2D eigenvalue weighted by Gasteiger charge is -2.56. The third-order valence-electron chi connectivity index (χ3n) is 11.1. The van der Waals surface area contributed by atoms with Crippen LogP contribution in [0.4, 0.5) is 0 Å². The zero-order valence-electron chi connectivity index (χ0n) is 29.3. The summed E-state index contributed by atoms with van der Waals surface area (Å²) in [5.41, 5.74) is -2.84. The average molecular weight is 718 g/mol. The van der Waals surface area contributed by atoms with Gasteiger partial charge in [-0.2, -0.15) is 0 Å². The molecule has 264 valence electrons. The third-order valence-corrected chi connectivity index (χ3v) is 12.6. The predicted octanol–water partition coefficient (Wildman–Crippen LogP) is 5.73. The number of ether oxygens (including phenoxy) is 7. The predicted molar refractivity (Wildman–Crippen MR) is 176 cm³/mol. The van der Waals surface area contributed by atoms with Crippen molar-refractivity contribution >= 4 is 27.9 Å². The van der Waals surface area contributed by atoms with Gasteiger partial charge in [0.1, 0.15) is 23.9 Å². The number of rotatable bonds is 11. The Morgan fingerprint density at radius 2 is 1.63 bits per heavy atom. The van der Waals surface area contributed by atoms with Crippen LogP contribution in [0.25, 0.3) is 0 Å². The van der Waals surface area contributed by atoms with Crippen LogP contribution in [0, 0.1) is 0 Å². The van der Waals surface area contributed by atoms with Crippen molar-refractivity contribution in [1.82, 2.24) is 0 Å². The Bertz CT molecular complexity index is 1130. The molecule has 11 heteroatoms. The van der Waals surface area contributed by atoms with Gasteiger partial charge in [0, 0.05) is 32.2 Å². The quantitative estimate of drug-likeness (QED) is 0.161. The van der Waals surface area contributed by atoms with Crippen molar-refractivity contribution in [3.05, 3.63) is 12.2 Å². The van der Waals surface area contributed by atoms with Gasteiger partial charge in [0.25, 0.3) is 0 Å². The molecule has 4 heterocycles. The van der Waals surface area contributed by atoms with Crippen LogP contribution in [0.2, 0.25) is 0 Å². The molecule has 0 unspecified atom stereocenters. The highest BCUT2D eigenvalue weighted by molar-refractivity contribution is 9.09. The van der Waals surface area contributed by atoms with E-state index in [9.17, 15) is 14.7 Å². The second-order valence-electron chi connectivity index (χ2n) is 15.4. The van der Waals surface area contributed by atoms with E-state index in [1.165, 1.54) is 13.8 Å². The number of carbonyl (C=O) groups is 2. The van der Waals surface area contributed by atoms with Gasteiger partial charge in [0.05, 0.1) is 47.3 Å². The van der Waals surface area contributed by atoms with Crippen LogP contribution in [0.3, 0.4) is 0 Å². The van der Waals surface area contributed by atoms with Crippen molar-refractivity contribution in [1.29, 1.82) is 0 Å². The van der Waals surface area contributed by atoms with E-state index in [2.05, 4.69) is 50.2 Å². The molecule has 10 nitrogen and oxygen atoms in total. The van der Waals surface area contributed by atoms with Crippen molar-refractivity contribution in [3.8, 4) is 0 Å². The molecule has 0 bridgehead atoms. The summed E-state index contributed by atoms with van der Waals surface area (Å²) >= 11 is 3.79. The second-order valence-corrected chi connectivity index (χ2v) is 16.5. The minimum atomic E-state index is -1.35. The van der Waals surface area contributed by atoms with Crippen molar-refractivity contribution < 1.29 is 47.9 Å². The van der Waals surface area contributed by atoms with Crippen molar-refractivity contribution in [3.63, 3.8) is 0 Å². The standard InChI is InChI=1S/C35H57BrO10/c1-21(20-41-22(2)37)24(40-10)13-16-33(7)29(42-23(3)38)19-30(45-33)35(9,39)28-12-11-26-32(6,44-28)18-15-27(43-26)34(8)17-14-25(36)31(4,5)46-34/h24-30,39H,1,11-20H2,2-10H3/t24-,25-,26-,27-,28+,29-,30-,32+,33+,34+,35-/m1/s1. The van der Waals surface area contributed by atoms with Gasteiger partial charge in [-0.1, -0.05) is 22.5 Å². The first-order valence-electron chi connectivity index (χ1n) is 16.8. The number of hydrogen-bond donors (Lipinski definition) is 1. The number of fused-ring (bicyclic) bond motifs is 1. The molecule has 0 aromatic rings. The number of alkyl halides is 1. The van der Waals surface area contributed by atoms with Gasteiger partial charge in [0.15, 0.2) is 0 Å². The normalized spacial score (nSPS) is 41.1. The Morgan fingerprint density at radius 3 is 2.24 bits per heavy atom. The molecule has 0 aromatic carbocycles. The summed E-state index contributed by atoms with van der Waals surface area (Å²) in [6.07, 6.45) is 3.92. The Labute approximate surface area is 283 Å². The molecule has 0 radical (unpaired) electrons. The van der Waals surface area contributed by atoms with Crippen molar-refractivity contribution in [2.24, 2.45) is 0 Å². The molecule has 0 aliphatic carbocycles. The first-order chi connectivity index (χ1) is 21.2. The fourth-order valence-electron chi connectivity index (χ4n) is 7.99. The van der Waals surface area contributed by atoms with Crippen LogP contribution in [0.1, 0.15) is 113 Å². The van der Waals surface area contributed by atoms with Gasteiger partial charge in [-0.05, 0) is 98.5 Å². The van der Waals surface area contributed by atoms with E-state index in [0.717, 1.165) is 32.1 Å². The maximum atomic E-state index is 12.1. The van der Waals surface area contributed by atoms with E-state index in [1.54, 1.807) is 14.0 Å². The van der Waals surface area contributed by atoms with E-state index < -0.39 is 47.1 Å². The van der Waals surface area contributed by atoms with Crippen LogP contribution < -0.4 is 0 Å². The Hall–Kier alpha value is -1.08. The van der Waals surface area contributed by atoms with Crippen LogP contribution in [0.5, 0.6) is 0 Å². The summed E-state index contributed by atoms with van der Waals surface area (Å²) in [5.74, 6) is -0.803. The Morgan fingerprint density at radius 1 is 0.978 bits per heavy atom. The summed E-state index contributed by atoms with van der Waals surface area (Å²) < 4.78 is 43.4. The zero-order valence-corrected chi connectivity index (χ0v) is 30.9. The van der Waals surface area contributed by atoms with Crippen molar-refractivity contribution in [2.75, 3.05) is 13.7 Å². The smallest absolute Gasteiger partial charge is 0.303 e. The Balaban J connectivity index is 1.42. The van der Waals surface area contributed by atoms with Crippen LogP contribution >= 0.6 is 15.9 Å². The maximum absolute atomic E-state index is 12.1. The van der Waals surface area contributed by atoms with Gasteiger partial charge in [0.2, 0.25) is 0 Å². The first-order valence-corrected chi connectivity index (χ1v) is 17.7. The van der Waals surface area contributed by atoms with E-state index >= 15 is 0 Å². The van der Waals surface area contributed by atoms with Crippen LogP contribution in [-0.4, -0.2) is 100 Å². The van der Waals surface area contributed by atoms with Gasteiger partial charge in [-0.25, -0.2) is 0 Å². The lowest BCUT2D eigenvalue weighted by atomic mass is 9.75. The molecule has 11 atom stereocenters.